The van der Waals surface area contributed by atoms with Gasteiger partial charge in [0.2, 0.25) is 0 Å². The van der Waals surface area contributed by atoms with Crippen molar-refractivity contribution >= 4 is 17.3 Å². The van der Waals surface area contributed by atoms with Gasteiger partial charge in [-0.3, -0.25) is 4.90 Å². The van der Waals surface area contributed by atoms with Crippen LogP contribution < -0.4 is 5.32 Å². The molecule has 16 heavy (non-hydrogen) atoms. The average molecular weight is 246 g/mol. The fourth-order valence-corrected chi connectivity index (χ4v) is 2.73. The summed E-state index contributed by atoms with van der Waals surface area (Å²) >= 11 is 5.18. The molecule has 0 aromatic heterocycles. The summed E-state index contributed by atoms with van der Waals surface area (Å²) in [5, 5.41) is 23.2. The van der Waals surface area contributed by atoms with E-state index in [0.29, 0.717) is 11.7 Å². The summed E-state index contributed by atoms with van der Waals surface area (Å²) < 4.78 is 11.2. The Labute approximate surface area is 98.1 Å². The molecule has 90 valence electrons. The van der Waals surface area contributed by atoms with Gasteiger partial charge in [-0.1, -0.05) is 0 Å². The van der Waals surface area contributed by atoms with Gasteiger partial charge in [0, 0.05) is 13.0 Å². The Hall–Kier alpha value is -0.470. The van der Waals surface area contributed by atoms with Crippen molar-refractivity contribution in [3.8, 4) is 0 Å². The molecular formula is C9H14N2O4S. The first-order chi connectivity index (χ1) is 7.68. The Morgan fingerprint density at radius 2 is 2.19 bits per heavy atom. The van der Waals surface area contributed by atoms with Gasteiger partial charge in [-0.2, -0.15) is 0 Å². The minimum Gasteiger partial charge on any atom is -0.387 e. The Morgan fingerprint density at radius 1 is 1.38 bits per heavy atom. The van der Waals surface area contributed by atoms with E-state index in [1.54, 1.807) is 4.90 Å². The number of hydrogen-bond donors (Lipinski definition) is 3. The molecule has 6 nitrogen and oxygen atoms in total. The third kappa shape index (κ3) is 1.43. The lowest BCUT2D eigenvalue weighted by atomic mass is 10.1. The average Bonchev–Trinajstić information content (AvgIpc) is 2.49. The van der Waals surface area contributed by atoms with Crippen molar-refractivity contribution in [2.75, 3.05) is 13.2 Å². The molecule has 0 spiro atoms. The van der Waals surface area contributed by atoms with Gasteiger partial charge >= 0.3 is 0 Å². The molecule has 0 unspecified atom stereocenters. The quantitative estimate of drug-likeness (QED) is 0.443. The maximum atomic E-state index is 9.89. The van der Waals surface area contributed by atoms with Gasteiger partial charge in [0.15, 0.2) is 11.3 Å². The molecule has 3 N–H and O–H groups in total. The van der Waals surface area contributed by atoms with Crippen molar-refractivity contribution in [2.24, 2.45) is 0 Å². The second-order valence-electron chi connectivity index (χ2n) is 4.26. The number of aliphatic hydroxyl groups is 2. The summed E-state index contributed by atoms with van der Waals surface area (Å²) in [6.45, 7) is 1.05. The molecule has 0 aliphatic carbocycles. The van der Waals surface area contributed by atoms with Crippen LogP contribution in [0, 0.1) is 0 Å². The van der Waals surface area contributed by atoms with E-state index < -0.39 is 24.5 Å². The lowest BCUT2D eigenvalue weighted by Crippen LogP contribution is -2.60. The van der Waals surface area contributed by atoms with Crippen LogP contribution in [0.2, 0.25) is 0 Å². The molecule has 0 aromatic carbocycles. The first-order valence-corrected chi connectivity index (χ1v) is 5.78. The Morgan fingerprint density at radius 3 is 3.00 bits per heavy atom. The van der Waals surface area contributed by atoms with E-state index in [4.69, 9.17) is 21.7 Å². The number of ether oxygens (including phenoxy) is 2. The zero-order valence-electron chi connectivity index (χ0n) is 8.57. The van der Waals surface area contributed by atoms with Gasteiger partial charge in [-0.15, -0.1) is 0 Å². The molecule has 0 aromatic rings. The maximum absolute atomic E-state index is 9.89. The van der Waals surface area contributed by atoms with Gasteiger partial charge in [0.25, 0.3) is 0 Å². The normalized spacial score (nSPS) is 47.2. The second kappa shape index (κ2) is 3.78. The smallest absolute Gasteiger partial charge is 0.173 e. The molecule has 3 rings (SSSR count). The van der Waals surface area contributed by atoms with E-state index in [1.807, 2.05) is 0 Å². The van der Waals surface area contributed by atoms with E-state index in [0.717, 1.165) is 13.0 Å². The van der Waals surface area contributed by atoms with Crippen LogP contribution in [0.3, 0.4) is 0 Å². The highest BCUT2D eigenvalue weighted by Crippen LogP contribution is 2.31. The number of hydrogen-bond acceptors (Lipinski definition) is 5. The fraction of sp³-hybridized carbons (Fsp3) is 0.889. The van der Waals surface area contributed by atoms with Crippen molar-refractivity contribution in [2.45, 2.75) is 37.2 Å². The topological polar surface area (TPSA) is 74.2 Å². The van der Waals surface area contributed by atoms with Crippen LogP contribution >= 0.6 is 12.2 Å². The molecule has 3 aliphatic rings. The lowest BCUT2D eigenvalue weighted by molar-refractivity contribution is -0.107. The summed E-state index contributed by atoms with van der Waals surface area (Å²) in [6.07, 6.45) is -2.28. The van der Waals surface area contributed by atoms with Gasteiger partial charge in [-0.25, -0.2) is 0 Å². The molecule has 3 fully saturated rings. The largest absolute Gasteiger partial charge is 0.387 e. The highest BCUT2D eigenvalue weighted by Gasteiger charge is 2.51. The summed E-state index contributed by atoms with van der Waals surface area (Å²) in [6, 6.07) is 0. The molecule has 3 saturated heterocycles. The molecule has 0 saturated carbocycles. The number of nitrogens with zero attached hydrogens (tertiary/aromatic N) is 1. The van der Waals surface area contributed by atoms with Crippen LogP contribution in [0.5, 0.6) is 0 Å². The molecule has 0 amide bonds. The SMILES string of the molecule is O[C@@H]1[C@H](O)[C@H]2CO[C@H]3CCNC(=S)N3[C@@H]1O2. The minimum absolute atomic E-state index is 0.161. The van der Waals surface area contributed by atoms with Crippen molar-refractivity contribution in [1.29, 1.82) is 0 Å². The fourth-order valence-electron chi connectivity index (χ4n) is 2.41. The second-order valence-corrected chi connectivity index (χ2v) is 4.65. The monoisotopic (exact) mass is 246 g/mol. The molecule has 3 aliphatic heterocycles. The standard InChI is InChI=1S/C9H14N2O4S/c12-6-4-3-14-5-1-2-10-9(16)11(5)8(15-4)7(6)13/h4-8,12-13H,1-3H2,(H,10,16)/t4-,5+,6-,7-,8-/m1/s1. The molecule has 3 heterocycles. The van der Waals surface area contributed by atoms with E-state index in [1.165, 1.54) is 0 Å². The van der Waals surface area contributed by atoms with Crippen LogP contribution in [0.15, 0.2) is 0 Å². The predicted octanol–water partition coefficient (Wildman–Crippen LogP) is -1.63. The minimum atomic E-state index is -0.936. The highest BCUT2D eigenvalue weighted by molar-refractivity contribution is 7.80. The first-order valence-electron chi connectivity index (χ1n) is 5.38. The van der Waals surface area contributed by atoms with E-state index in [9.17, 15) is 10.2 Å². The van der Waals surface area contributed by atoms with Crippen molar-refractivity contribution < 1.29 is 19.7 Å². The van der Waals surface area contributed by atoms with Gasteiger partial charge in [-0.05, 0) is 12.2 Å². The molecule has 7 heteroatoms. The van der Waals surface area contributed by atoms with E-state index >= 15 is 0 Å². The Balaban J connectivity index is 1.90. The van der Waals surface area contributed by atoms with Crippen LogP contribution in [0.25, 0.3) is 0 Å². The number of rotatable bonds is 0. The third-order valence-electron chi connectivity index (χ3n) is 3.28. The van der Waals surface area contributed by atoms with Crippen LogP contribution in [-0.2, 0) is 9.47 Å². The van der Waals surface area contributed by atoms with E-state index in [-0.39, 0.29) is 6.23 Å². The molecule has 0 radical (unpaired) electrons. The van der Waals surface area contributed by atoms with Crippen molar-refractivity contribution in [3.05, 3.63) is 0 Å². The summed E-state index contributed by atoms with van der Waals surface area (Å²) in [4.78, 5) is 1.71. The summed E-state index contributed by atoms with van der Waals surface area (Å²) in [7, 11) is 0. The third-order valence-corrected chi connectivity index (χ3v) is 3.63. The van der Waals surface area contributed by atoms with Crippen LogP contribution in [0.4, 0.5) is 0 Å². The molecular weight excluding hydrogens is 232 g/mol. The van der Waals surface area contributed by atoms with Crippen LogP contribution in [0.1, 0.15) is 6.42 Å². The number of fused-ring (bicyclic) bond motifs is 4. The molecule has 5 atom stereocenters. The number of aliphatic hydroxyl groups excluding tert-OH is 2. The van der Waals surface area contributed by atoms with E-state index in [2.05, 4.69) is 5.32 Å². The molecule has 2 bridgehead atoms. The zero-order chi connectivity index (χ0) is 11.3. The van der Waals surface area contributed by atoms with Gasteiger partial charge < -0.3 is 25.0 Å². The van der Waals surface area contributed by atoms with Gasteiger partial charge in [0.1, 0.15) is 24.5 Å². The predicted molar refractivity (Wildman–Crippen MR) is 57.5 cm³/mol. The number of thiocarbonyl (C=S) groups is 1. The van der Waals surface area contributed by atoms with Crippen molar-refractivity contribution in [3.63, 3.8) is 0 Å². The zero-order valence-corrected chi connectivity index (χ0v) is 9.39. The van der Waals surface area contributed by atoms with Crippen LogP contribution in [-0.4, -0.2) is 64.1 Å². The Bertz CT molecular complexity index is 316. The number of nitrogens with one attached hydrogen (secondary N) is 1. The lowest BCUT2D eigenvalue weighted by Gasteiger charge is -2.41. The Kier molecular flexibility index (Phi) is 2.52. The maximum Gasteiger partial charge on any atom is 0.173 e. The highest BCUT2D eigenvalue weighted by atomic mass is 32.1. The summed E-state index contributed by atoms with van der Waals surface area (Å²) in [5.74, 6) is 0. The first kappa shape index (κ1) is 10.7. The summed E-state index contributed by atoms with van der Waals surface area (Å²) in [5.41, 5.74) is 0. The van der Waals surface area contributed by atoms with Crippen molar-refractivity contribution in [1.82, 2.24) is 10.2 Å². The van der Waals surface area contributed by atoms with Gasteiger partial charge in [0.05, 0.1) is 6.61 Å².